The van der Waals surface area contributed by atoms with Crippen molar-refractivity contribution in [3.05, 3.63) is 99.8 Å². The van der Waals surface area contributed by atoms with Gasteiger partial charge in [-0.3, -0.25) is 14.2 Å². The van der Waals surface area contributed by atoms with Crippen LogP contribution < -0.4 is 5.56 Å². The van der Waals surface area contributed by atoms with Crippen LogP contribution in [0.3, 0.4) is 0 Å². The van der Waals surface area contributed by atoms with E-state index in [1.54, 1.807) is 24.3 Å². The summed E-state index contributed by atoms with van der Waals surface area (Å²) in [6, 6.07) is 24.0. The van der Waals surface area contributed by atoms with Gasteiger partial charge in [-0.1, -0.05) is 78.0 Å². The van der Waals surface area contributed by atoms with Gasteiger partial charge in [-0.15, -0.1) is 0 Å². The highest BCUT2D eigenvalue weighted by molar-refractivity contribution is 7.99. The molecule has 0 aliphatic carbocycles. The standard InChI is InChI=1S/C25H18ClN3O3S/c26-17-9-6-10-18(13-17)29-24(31)23-22(19-11-4-5-12-20(19)27-23)28-25(29)33-15-21(30)32-14-16-7-2-1-3-8-16/h1-13,27H,14-15H2. The maximum Gasteiger partial charge on any atom is 0.316 e. The average molecular weight is 476 g/mol. The summed E-state index contributed by atoms with van der Waals surface area (Å²) in [5.74, 6) is -0.386. The lowest BCUT2D eigenvalue weighted by atomic mass is 10.2. The van der Waals surface area contributed by atoms with Gasteiger partial charge in [-0.2, -0.15) is 0 Å². The largest absolute Gasteiger partial charge is 0.460 e. The van der Waals surface area contributed by atoms with E-state index in [-0.39, 0.29) is 17.9 Å². The minimum atomic E-state index is -0.394. The molecule has 2 aromatic heterocycles. The van der Waals surface area contributed by atoms with Crippen LogP contribution in [0.25, 0.3) is 27.6 Å². The van der Waals surface area contributed by atoms with Gasteiger partial charge in [0.2, 0.25) is 0 Å². The summed E-state index contributed by atoms with van der Waals surface area (Å²) < 4.78 is 6.86. The minimum absolute atomic E-state index is 0.00764. The van der Waals surface area contributed by atoms with Gasteiger partial charge in [-0.05, 0) is 29.8 Å². The molecule has 0 unspecified atom stereocenters. The van der Waals surface area contributed by atoms with Gasteiger partial charge in [0.1, 0.15) is 17.6 Å². The second-order valence-electron chi connectivity index (χ2n) is 7.34. The van der Waals surface area contributed by atoms with Crippen LogP contribution in [0.5, 0.6) is 0 Å². The zero-order valence-corrected chi connectivity index (χ0v) is 18.9. The first-order chi connectivity index (χ1) is 16.1. The van der Waals surface area contributed by atoms with E-state index in [2.05, 4.69) is 4.98 Å². The van der Waals surface area contributed by atoms with Crippen LogP contribution in [-0.2, 0) is 16.1 Å². The number of hydrogen-bond donors (Lipinski definition) is 1. The number of H-pyrrole nitrogens is 1. The zero-order chi connectivity index (χ0) is 22.8. The summed E-state index contributed by atoms with van der Waals surface area (Å²) in [5, 5.41) is 1.72. The predicted molar refractivity (Wildman–Crippen MR) is 131 cm³/mol. The van der Waals surface area contributed by atoms with Crippen molar-refractivity contribution in [3.8, 4) is 5.69 Å². The summed E-state index contributed by atoms with van der Waals surface area (Å²) in [5.41, 5.74) is 2.99. The summed E-state index contributed by atoms with van der Waals surface area (Å²) in [6.07, 6.45) is 0. The van der Waals surface area contributed by atoms with Crippen molar-refractivity contribution >= 4 is 51.3 Å². The normalized spacial score (nSPS) is 11.2. The Balaban J connectivity index is 1.51. The van der Waals surface area contributed by atoms with Crippen molar-refractivity contribution in [1.29, 1.82) is 0 Å². The van der Waals surface area contributed by atoms with Crippen molar-refractivity contribution in [2.24, 2.45) is 0 Å². The topological polar surface area (TPSA) is 77.0 Å². The van der Waals surface area contributed by atoms with Crippen molar-refractivity contribution in [2.45, 2.75) is 11.8 Å². The number of esters is 1. The van der Waals surface area contributed by atoms with E-state index in [1.807, 2.05) is 54.6 Å². The van der Waals surface area contributed by atoms with Crippen LogP contribution in [0.4, 0.5) is 0 Å². The maximum atomic E-state index is 13.5. The Kier molecular flexibility index (Phi) is 5.90. The molecule has 1 N–H and O–H groups in total. The van der Waals surface area contributed by atoms with Crippen LogP contribution >= 0.6 is 23.4 Å². The molecule has 164 valence electrons. The molecule has 0 saturated carbocycles. The third kappa shape index (κ3) is 4.37. The Bertz CT molecular complexity index is 1530. The summed E-state index contributed by atoms with van der Waals surface area (Å²) >= 11 is 7.34. The van der Waals surface area contributed by atoms with Crippen LogP contribution in [0.15, 0.2) is 88.8 Å². The van der Waals surface area contributed by atoms with Gasteiger partial charge in [0.25, 0.3) is 5.56 Å². The van der Waals surface area contributed by atoms with Gasteiger partial charge < -0.3 is 9.72 Å². The first-order valence-corrected chi connectivity index (χ1v) is 11.6. The molecule has 0 atom stereocenters. The minimum Gasteiger partial charge on any atom is -0.460 e. The molecule has 8 heteroatoms. The number of carbonyl (C=O) groups excluding carboxylic acids is 1. The monoisotopic (exact) mass is 475 g/mol. The molecule has 33 heavy (non-hydrogen) atoms. The zero-order valence-electron chi connectivity index (χ0n) is 17.3. The number of nitrogens with zero attached hydrogens (tertiary/aromatic N) is 2. The van der Waals surface area contributed by atoms with Crippen LogP contribution in [-0.4, -0.2) is 26.3 Å². The fraction of sp³-hybridized carbons (Fsp3) is 0.0800. The Morgan fingerprint density at radius 2 is 1.82 bits per heavy atom. The molecular weight excluding hydrogens is 458 g/mol. The Hall–Kier alpha value is -3.55. The first kappa shape index (κ1) is 21.3. The fourth-order valence-electron chi connectivity index (χ4n) is 3.59. The van der Waals surface area contributed by atoms with Crippen molar-refractivity contribution in [1.82, 2.24) is 14.5 Å². The van der Waals surface area contributed by atoms with Gasteiger partial charge in [-0.25, -0.2) is 4.98 Å². The highest BCUT2D eigenvalue weighted by Crippen LogP contribution is 2.27. The lowest BCUT2D eigenvalue weighted by Crippen LogP contribution is -2.22. The Morgan fingerprint density at radius 1 is 1.03 bits per heavy atom. The van der Waals surface area contributed by atoms with E-state index in [1.165, 1.54) is 4.57 Å². The third-order valence-corrected chi connectivity index (χ3v) is 6.27. The van der Waals surface area contributed by atoms with Gasteiger partial charge >= 0.3 is 5.97 Å². The molecule has 0 bridgehead atoms. The van der Waals surface area contributed by atoms with Crippen molar-refractivity contribution in [3.63, 3.8) is 0 Å². The number of para-hydroxylation sites is 1. The maximum absolute atomic E-state index is 13.5. The van der Waals surface area contributed by atoms with Crippen LogP contribution in [0.1, 0.15) is 5.56 Å². The van der Waals surface area contributed by atoms with E-state index in [0.717, 1.165) is 28.2 Å². The summed E-state index contributed by atoms with van der Waals surface area (Å²) in [7, 11) is 0. The molecule has 6 nitrogen and oxygen atoms in total. The Morgan fingerprint density at radius 3 is 2.64 bits per heavy atom. The molecule has 2 heterocycles. The second-order valence-corrected chi connectivity index (χ2v) is 8.72. The number of halogens is 1. The smallest absolute Gasteiger partial charge is 0.316 e. The van der Waals surface area contributed by atoms with Crippen LogP contribution in [0.2, 0.25) is 5.02 Å². The van der Waals surface area contributed by atoms with E-state index in [9.17, 15) is 9.59 Å². The van der Waals surface area contributed by atoms with Crippen LogP contribution in [0, 0.1) is 0 Å². The molecule has 0 radical (unpaired) electrons. The van der Waals surface area contributed by atoms with E-state index < -0.39 is 5.97 Å². The SMILES string of the molecule is O=C(CSc1nc2c([nH]c3ccccc32)c(=O)n1-c1cccc(Cl)c1)OCc1ccccc1. The van der Waals surface area contributed by atoms with Crippen molar-refractivity contribution in [2.75, 3.05) is 5.75 Å². The van der Waals surface area contributed by atoms with Gasteiger partial charge in [0.05, 0.1) is 11.4 Å². The number of aromatic amines is 1. The first-order valence-electron chi connectivity index (χ1n) is 10.2. The number of aromatic nitrogens is 3. The summed E-state index contributed by atoms with van der Waals surface area (Å²) in [4.78, 5) is 33.9. The van der Waals surface area contributed by atoms with Crippen molar-refractivity contribution < 1.29 is 9.53 Å². The molecular formula is C25H18ClN3O3S. The number of fused-ring (bicyclic) bond motifs is 3. The number of ether oxygens (including phenoxy) is 1. The third-order valence-electron chi connectivity index (χ3n) is 5.12. The number of rotatable bonds is 6. The molecule has 0 amide bonds. The van der Waals surface area contributed by atoms with E-state index >= 15 is 0 Å². The van der Waals surface area contributed by atoms with Gasteiger partial charge in [0.15, 0.2) is 5.16 Å². The quantitative estimate of drug-likeness (QED) is 0.203. The molecule has 0 spiro atoms. The lowest BCUT2D eigenvalue weighted by molar-refractivity contribution is -0.141. The predicted octanol–water partition coefficient (Wildman–Crippen LogP) is 5.36. The summed E-state index contributed by atoms with van der Waals surface area (Å²) in [6.45, 7) is 0.191. The highest BCUT2D eigenvalue weighted by Gasteiger charge is 2.18. The number of benzene rings is 3. The number of thioether (sulfide) groups is 1. The molecule has 0 saturated heterocycles. The molecule has 0 aliphatic heterocycles. The van der Waals surface area contributed by atoms with Gasteiger partial charge in [0, 0.05) is 15.9 Å². The van der Waals surface area contributed by atoms with E-state index in [0.29, 0.717) is 26.9 Å². The number of nitrogens with one attached hydrogen (secondary N) is 1. The molecule has 0 fully saturated rings. The molecule has 3 aromatic carbocycles. The number of hydrogen-bond acceptors (Lipinski definition) is 5. The van der Waals surface area contributed by atoms with E-state index in [4.69, 9.17) is 21.3 Å². The molecule has 5 rings (SSSR count). The number of carbonyl (C=O) groups is 1. The highest BCUT2D eigenvalue weighted by atomic mass is 35.5. The fourth-order valence-corrected chi connectivity index (χ4v) is 4.57. The molecule has 0 aliphatic rings. The molecule has 5 aromatic rings. The Labute approximate surface area is 198 Å². The second kappa shape index (κ2) is 9.13. The lowest BCUT2D eigenvalue weighted by Gasteiger charge is -2.12. The average Bonchev–Trinajstić information content (AvgIpc) is 3.21.